The molecule has 6 heteroatoms. The molecule has 0 bridgehead atoms. The molecule has 27 heavy (non-hydrogen) atoms. The van der Waals surface area contributed by atoms with Crippen molar-refractivity contribution in [2.24, 2.45) is 0 Å². The van der Waals surface area contributed by atoms with E-state index in [4.69, 9.17) is 9.47 Å². The van der Waals surface area contributed by atoms with Gasteiger partial charge in [-0.3, -0.25) is 9.59 Å². The van der Waals surface area contributed by atoms with Gasteiger partial charge in [-0.05, 0) is 24.6 Å². The molecule has 0 saturated carbocycles. The highest BCUT2D eigenvalue weighted by Crippen LogP contribution is 2.34. The van der Waals surface area contributed by atoms with Gasteiger partial charge in [0, 0.05) is 31.8 Å². The fourth-order valence-electron chi connectivity index (χ4n) is 3.00. The van der Waals surface area contributed by atoms with E-state index in [1.54, 1.807) is 23.1 Å². The fourth-order valence-corrected chi connectivity index (χ4v) is 3.00. The Hall–Kier alpha value is -3.02. The van der Waals surface area contributed by atoms with Crippen molar-refractivity contribution in [2.45, 2.75) is 20.4 Å². The van der Waals surface area contributed by atoms with Gasteiger partial charge >= 0.3 is 0 Å². The van der Waals surface area contributed by atoms with Crippen LogP contribution in [0.1, 0.15) is 19.4 Å². The van der Waals surface area contributed by atoms with Crippen LogP contribution < -0.4 is 14.4 Å². The van der Waals surface area contributed by atoms with E-state index in [1.807, 2.05) is 37.3 Å². The van der Waals surface area contributed by atoms with Gasteiger partial charge in [-0.1, -0.05) is 30.3 Å². The number of likely N-dealkylation sites (N-methyl/N-ethyl adjacent to an activating group) is 1. The van der Waals surface area contributed by atoms with Crippen molar-refractivity contribution in [3.8, 4) is 11.5 Å². The maximum absolute atomic E-state index is 12.8. The van der Waals surface area contributed by atoms with Crippen LogP contribution in [0.2, 0.25) is 0 Å². The quantitative estimate of drug-likeness (QED) is 0.787. The SMILES string of the molecule is CCN(Cc1ccccc1)C(=O)CN(C(C)=O)c1ccc2c(c1)OCCO2. The molecule has 0 spiro atoms. The maximum atomic E-state index is 12.8. The minimum Gasteiger partial charge on any atom is -0.486 e. The molecule has 6 nitrogen and oxygen atoms in total. The third-order valence-corrected chi connectivity index (χ3v) is 4.46. The second-order valence-corrected chi connectivity index (χ2v) is 6.33. The summed E-state index contributed by atoms with van der Waals surface area (Å²) in [4.78, 5) is 28.2. The summed E-state index contributed by atoms with van der Waals surface area (Å²) in [7, 11) is 0. The minimum absolute atomic E-state index is 0.0182. The Labute approximate surface area is 159 Å². The first-order valence-electron chi connectivity index (χ1n) is 9.08. The van der Waals surface area contributed by atoms with Crippen LogP contribution in [0, 0.1) is 0 Å². The molecule has 0 N–H and O–H groups in total. The number of ether oxygens (including phenoxy) is 2. The molecule has 1 aliphatic rings. The van der Waals surface area contributed by atoms with Crippen LogP contribution in [0.5, 0.6) is 11.5 Å². The highest BCUT2D eigenvalue weighted by Gasteiger charge is 2.22. The smallest absolute Gasteiger partial charge is 0.242 e. The largest absolute Gasteiger partial charge is 0.486 e. The summed E-state index contributed by atoms with van der Waals surface area (Å²) in [6, 6.07) is 15.1. The highest BCUT2D eigenvalue weighted by atomic mass is 16.6. The van der Waals surface area contributed by atoms with Crippen molar-refractivity contribution in [1.82, 2.24) is 4.90 Å². The van der Waals surface area contributed by atoms with Crippen molar-refractivity contribution < 1.29 is 19.1 Å². The number of carbonyl (C=O) groups excluding carboxylic acids is 2. The number of rotatable bonds is 6. The molecular weight excluding hydrogens is 344 g/mol. The van der Waals surface area contributed by atoms with Crippen molar-refractivity contribution in [3.63, 3.8) is 0 Å². The molecule has 2 aromatic carbocycles. The third-order valence-electron chi connectivity index (χ3n) is 4.46. The predicted molar refractivity (Wildman–Crippen MR) is 103 cm³/mol. The zero-order valence-corrected chi connectivity index (χ0v) is 15.7. The van der Waals surface area contributed by atoms with E-state index in [-0.39, 0.29) is 18.4 Å². The van der Waals surface area contributed by atoms with Crippen LogP contribution in [0.25, 0.3) is 0 Å². The Balaban J connectivity index is 1.75. The van der Waals surface area contributed by atoms with Gasteiger partial charge in [0.05, 0.1) is 0 Å². The van der Waals surface area contributed by atoms with Crippen LogP contribution >= 0.6 is 0 Å². The molecule has 1 aliphatic heterocycles. The molecule has 0 fully saturated rings. The predicted octanol–water partition coefficient (Wildman–Crippen LogP) is 2.86. The monoisotopic (exact) mass is 368 g/mol. The molecule has 0 saturated heterocycles. The number of hydrogen-bond donors (Lipinski definition) is 0. The number of benzene rings is 2. The second-order valence-electron chi connectivity index (χ2n) is 6.33. The third kappa shape index (κ3) is 4.58. The van der Waals surface area contributed by atoms with E-state index in [0.29, 0.717) is 43.5 Å². The summed E-state index contributed by atoms with van der Waals surface area (Å²) in [5.41, 5.74) is 1.68. The van der Waals surface area contributed by atoms with E-state index in [1.165, 1.54) is 11.8 Å². The number of anilines is 1. The van der Waals surface area contributed by atoms with Gasteiger partial charge < -0.3 is 19.3 Å². The molecule has 0 atom stereocenters. The topological polar surface area (TPSA) is 59.1 Å². The van der Waals surface area contributed by atoms with Crippen LogP contribution in [0.4, 0.5) is 5.69 Å². The first-order valence-corrected chi connectivity index (χ1v) is 9.08. The van der Waals surface area contributed by atoms with Crippen LogP contribution in [-0.4, -0.2) is 43.0 Å². The van der Waals surface area contributed by atoms with Crippen LogP contribution in [-0.2, 0) is 16.1 Å². The lowest BCUT2D eigenvalue weighted by molar-refractivity contribution is -0.131. The lowest BCUT2D eigenvalue weighted by atomic mass is 10.2. The molecule has 1 heterocycles. The molecule has 0 unspecified atom stereocenters. The standard InChI is InChI=1S/C21H24N2O4/c1-3-22(14-17-7-5-4-6-8-17)21(25)15-23(16(2)24)18-9-10-19-20(13-18)27-12-11-26-19/h4-10,13H,3,11-12,14-15H2,1-2H3. The molecule has 142 valence electrons. The Kier molecular flexibility index (Phi) is 5.96. The zero-order valence-electron chi connectivity index (χ0n) is 15.7. The maximum Gasteiger partial charge on any atom is 0.242 e. The number of amides is 2. The van der Waals surface area contributed by atoms with Crippen LogP contribution in [0.3, 0.4) is 0 Å². The van der Waals surface area contributed by atoms with Crippen molar-refractivity contribution in [1.29, 1.82) is 0 Å². The average molecular weight is 368 g/mol. The molecule has 0 aromatic heterocycles. The Morgan fingerprint density at radius 2 is 1.70 bits per heavy atom. The van der Waals surface area contributed by atoms with Gasteiger partial charge in [-0.25, -0.2) is 0 Å². The van der Waals surface area contributed by atoms with Gasteiger partial charge in [0.25, 0.3) is 0 Å². The Morgan fingerprint density at radius 1 is 1.00 bits per heavy atom. The summed E-state index contributed by atoms with van der Waals surface area (Å²) in [5, 5.41) is 0. The van der Waals surface area contributed by atoms with E-state index >= 15 is 0 Å². The van der Waals surface area contributed by atoms with E-state index in [9.17, 15) is 9.59 Å². The lowest BCUT2D eigenvalue weighted by Crippen LogP contribution is -2.42. The highest BCUT2D eigenvalue weighted by molar-refractivity contribution is 5.97. The fraction of sp³-hybridized carbons (Fsp3) is 0.333. The van der Waals surface area contributed by atoms with Gasteiger partial charge in [-0.2, -0.15) is 0 Å². The summed E-state index contributed by atoms with van der Waals surface area (Å²) >= 11 is 0. The number of hydrogen-bond acceptors (Lipinski definition) is 4. The second kappa shape index (κ2) is 8.58. The van der Waals surface area contributed by atoms with Crippen molar-refractivity contribution in [3.05, 3.63) is 54.1 Å². The lowest BCUT2D eigenvalue weighted by Gasteiger charge is -2.27. The van der Waals surface area contributed by atoms with Gasteiger partial charge in [-0.15, -0.1) is 0 Å². The summed E-state index contributed by atoms with van der Waals surface area (Å²) in [6.45, 7) is 5.43. The Bertz CT molecular complexity index is 807. The first kappa shape index (κ1) is 18.8. The molecular formula is C21H24N2O4. The number of fused-ring (bicyclic) bond motifs is 1. The summed E-state index contributed by atoms with van der Waals surface area (Å²) in [6.07, 6.45) is 0. The first-order chi connectivity index (χ1) is 13.1. The van der Waals surface area contributed by atoms with Crippen molar-refractivity contribution in [2.75, 3.05) is 31.2 Å². The number of nitrogens with zero attached hydrogens (tertiary/aromatic N) is 2. The van der Waals surface area contributed by atoms with E-state index in [0.717, 1.165) is 5.56 Å². The van der Waals surface area contributed by atoms with E-state index in [2.05, 4.69) is 0 Å². The summed E-state index contributed by atoms with van der Waals surface area (Å²) < 4.78 is 11.1. The normalized spacial score (nSPS) is 12.4. The van der Waals surface area contributed by atoms with Crippen LogP contribution in [0.15, 0.2) is 48.5 Å². The average Bonchev–Trinajstić information content (AvgIpc) is 2.70. The molecule has 3 rings (SSSR count). The van der Waals surface area contributed by atoms with Crippen molar-refractivity contribution >= 4 is 17.5 Å². The zero-order chi connectivity index (χ0) is 19.2. The molecule has 2 amide bonds. The molecule has 0 aliphatic carbocycles. The molecule has 0 radical (unpaired) electrons. The van der Waals surface area contributed by atoms with Gasteiger partial charge in [0.1, 0.15) is 19.8 Å². The molecule has 2 aromatic rings. The number of carbonyl (C=O) groups is 2. The van der Waals surface area contributed by atoms with Gasteiger partial charge in [0.15, 0.2) is 11.5 Å². The summed E-state index contributed by atoms with van der Waals surface area (Å²) in [5.74, 6) is 0.940. The van der Waals surface area contributed by atoms with E-state index < -0.39 is 0 Å². The Morgan fingerprint density at radius 3 is 2.37 bits per heavy atom. The van der Waals surface area contributed by atoms with Gasteiger partial charge in [0.2, 0.25) is 11.8 Å². The minimum atomic E-state index is -0.198.